The van der Waals surface area contributed by atoms with Gasteiger partial charge in [-0.05, 0) is 43.5 Å². The van der Waals surface area contributed by atoms with Crippen LogP contribution in [0.1, 0.15) is 19.3 Å². The molecule has 0 aliphatic carbocycles. The Bertz CT molecular complexity index is 419. The van der Waals surface area contributed by atoms with Gasteiger partial charge in [-0.1, -0.05) is 11.6 Å². The zero-order valence-corrected chi connectivity index (χ0v) is 15.3. The highest BCUT2D eigenvalue weighted by atomic mass is 127. The maximum atomic E-state index is 6.00. The summed E-state index contributed by atoms with van der Waals surface area (Å²) in [5.41, 5.74) is 6.00. The summed E-state index contributed by atoms with van der Waals surface area (Å²) in [7, 11) is 0. The number of aliphatic imine (C=N–C) groups is 1. The first-order chi connectivity index (χ1) is 9.25. The van der Waals surface area contributed by atoms with Gasteiger partial charge in [0.2, 0.25) is 0 Å². The van der Waals surface area contributed by atoms with E-state index in [9.17, 15) is 0 Å². The van der Waals surface area contributed by atoms with Crippen molar-refractivity contribution in [1.29, 1.82) is 0 Å². The lowest BCUT2D eigenvalue weighted by Gasteiger charge is -2.27. The maximum absolute atomic E-state index is 6.00. The van der Waals surface area contributed by atoms with Crippen molar-refractivity contribution in [2.75, 3.05) is 25.4 Å². The van der Waals surface area contributed by atoms with E-state index in [0.29, 0.717) is 5.96 Å². The Morgan fingerprint density at radius 3 is 2.50 bits per heavy atom. The number of piperidine rings is 1. The Balaban J connectivity index is 0.00000200. The van der Waals surface area contributed by atoms with Gasteiger partial charge in [0.25, 0.3) is 0 Å². The van der Waals surface area contributed by atoms with Gasteiger partial charge in [0, 0.05) is 28.8 Å². The van der Waals surface area contributed by atoms with Gasteiger partial charge >= 0.3 is 0 Å². The van der Waals surface area contributed by atoms with Crippen LogP contribution in [0.3, 0.4) is 0 Å². The van der Waals surface area contributed by atoms with Crippen molar-refractivity contribution in [1.82, 2.24) is 4.90 Å². The lowest BCUT2D eigenvalue weighted by molar-refractivity contribution is 0.338. The normalized spacial score (nSPS) is 15.8. The van der Waals surface area contributed by atoms with Crippen LogP contribution >= 0.6 is 47.3 Å². The largest absolute Gasteiger partial charge is 0.370 e. The second-order valence-electron chi connectivity index (χ2n) is 4.59. The smallest absolute Gasteiger partial charge is 0.191 e. The number of halogens is 2. The molecule has 2 N–H and O–H groups in total. The highest BCUT2D eigenvalue weighted by Gasteiger charge is 2.11. The van der Waals surface area contributed by atoms with Crippen LogP contribution in [0.5, 0.6) is 0 Å². The molecule has 1 aromatic rings. The number of hydrogen-bond donors (Lipinski definition) is 1. The summed E-state index contributed by atoms with van der Waals surface area (Å²) in [6.07, 6.45) is 3.78. The number of nitrogens with zero attached hydrogens (tertiary/aromatic N) is 2. The lowest BCUT2D eigenvalue weighted by Crippen LogP contribution is -2.41. The Hall–Kier alpha value is -0.140. The second kappa shape index (κ2) is 9.73. The van der Waals surface area contributed by atoms with Crippen LogP contribution in [0.25, 0.3) is 0 Å². The molecule has 1 aliphatic heterocycles. The summed E-state index contributed by atoms with van der Waals surface area (Å²) in [6.45, 7) is 2.87. The maximum Gasteiger partial charge on any atom is 0.191 e. The molecule has 3 nitrogen and oxygen atoms in total. The summed E-state index contributed by atoms with van der Waals surface area (Å²) in [6, 6.07) is 7.89. The molecule has 0 spiro atoms. The van der Waals surface area contributed by atoms with E-state index in [0.717, 1.165) is 30.4 Å². The monoisotopic (exact) mass is 425 g/mol. The Kier molecular flexibility index (Phi) is 8.72. The minimum absolute atomic E-state index is 0. The molecule has 6 heteroatoms. The van der Waals surface area contributed by atoms with E-state index in [1.165, 1.54) is 24.2 Å². The van der Waals surface area contributed by atoms with Gasteiger partial charge in [-0.25, -0.2) is 0 Å². The highest BCUT2D eigenvalue weighted by molar-refractivity contribution is 14.0. The summed E-state index contributed by atoms with van der Waals surface area (Å²) < 4.78 is 0. The molecule has 0 amide bonds. The van der Waals surface area contributed by atoms with Crippen molar-refractivity contribution < 1.29 is 0 Å². The lowest BCUT2D eigenvalue weighted by atomic mass is 10.1. The predicted molar refractivity (Wildman–Crippen MR) is 99.5 cm³/mol. The molecule has 1 fully saturated rings. The van der Waals surface area contributed by atoms with Crippen molar-refractivity contribution in [3.8, 4) is 0 Å². The van der Waals surface area contributed by atoms with Crippen molar-refractivity contribution in [2.24, 2.45) is 10.7 Å². The van der Waals surface area contributed by atoms with Crippen LogP contribution < -0.4 is 5.73 Å². The number of rotatable bonds is 4. The van der Waals surface area contributed by atoms with Crippen LogP contribution in [-0.2, 0) is 0 Å². The molecule has 1 aromatic carbocycles. The molecule has 112 valence electrons. The van der Waals surface area contributed by atoms with E-state index in [1.54, 1.807) is 11.8 Å². The third-order valence-corrected chi connectivity index (χ3v) is 4.37. The molecule has 0 atom stereocenters. The Morgan fingerprint density at radius 2 is 1.85 bits per heavy atom. The molecular weight excluding hydrogens is 405 g/mol. The molecule has 20 heavy (non-hydrogen) atoms. The molecule has 0 aromatic heterocycles. The quantitative estimate of drug-likeness (QED) is 0.262. The first-order valence-electron chi connectivity index (χ1n) is 6.69. The van der Waals surface area contributed by atoms with Crippen LogP contribution in [0.15, 0.2) is 34.2 Å². The number of guanidine groups is 1. The topological polar surface area (TPSA) is 41.6 Å². The van der Waals surface area contributed by atoms with Gasteiger partial charge in [0.1, 0.15) is 0 Å². The molecule has 0 bridgehead atoms. The predicted octanol–water partition coefficient (Wildman–Crippen LogP) is 3.85. The van der Waals surface area contributed by atoms with Crippen molar-refractivity contribution >= 4 is 53.3 Å². The van der Waals surface area contributed by atoms with Crippen molar-refractivity contribution in [3.63, 3.8) is 0 Å². The van der Waals surface area contributed by atoms with Gasteiger partial charge in [-0.3, -0.25) is 4.99 Å². The van der Waals surface area contributed by atoms with Crippen LogP contribution in [0, 0.1) is 0 Å². The Labute approximate surface area is 147 Å². The van der Waals surface area contributed by atoms with Gasteiger partial charge in [-0.15, -0.1) is 35.7 Å². The van der Waals surface area contributed by atoms with E-state index in [4.69, 9.17) is 17.3 Å². The first kappa shape index (κ1) is 17.9. The van der Waals surface area contributed by atoms with Gasteiger partial charge in [0.05, 0.1) is 6.54 Å². The minimum atomic E-state index is 0. The third kappa shape index (κ3) is 6.10. The van der Waals surface area contributed by atoms with E-state index >= 15 is 0 Å². The van der Waals surface area contributed by atoms with E-state index < -0.39 is 0 Å². The fourth-order valence-electron chi connectivity index (χ4n) is 2.08. The van der Waals surface area contributed by atoms with Crippen molar-refractivity contribution in [3.05, 3.63) is 29.3 Å². The van der Waals surface area contributed by atoms with Gasteiger partial charge < -0.3 is 10.6 Å². The minimum Gasteiger partial charge on any atom is -0.370 e. The van der Waals surface area contributed by atoms with Gasteiger partial charge in [-0.2, -0.15) is 0 Å². The summed E-state index contributed by atoms with van der Waals surface area (Å²) in [5, 5.41) is 0.775. The van der Waals surface area contributed by atoms with Gasteiger partial charge in [0.15, 0.2) is 5.96 Å². The average Bonchev–Trinajstić information content (AvgIpc) is 2.46. The first-order valence-corrected chi connectivity index (χ1v) is 8.05. The number of nitrogens with two attached hydrogens (primary N) is 1. The van der Waals surface area contributed by atoms with E-state index in [-0.39, 0.29) is 24.0 Å². The van der Waals surface area contributed by atoms with Crippen LogP contribution in [0.2, 0.25) is 5.02 Å². The molecule has 0 saturated carbocycles. The fourth-order valence-corrected chi connectivity index (χ4v) is 2.95. The molecular formula is C14H21ClIN3S. The number of thioether (sulfide) groups is 1. The molecule has 0 radical (unpaired) electrons. The van der Waals surface area contributed by atoms with E-state index in [1.807, 2.05) is 24.3 Å². The fraction of sp³-hybridized carbons (Fsp3) is 0.500. The highest BCUT2D eigenvalue weighted by Crippen LogP contribution is 2.20. The van der Waals surface area contributed by atoms with Crippen LogP contribution in [-0.4, -0.2) is 36.2 Å². The summed E-state index contributed by atoms with van der Waals surface area (Å²) in [5.74, 6) is 1.65. The summed E-state index contributed by atoms with van der Waals surface area (Å²) >= 11 is 7.63. The SMILES string of the molecule is I.NC(=NCCSc1ccc(Cl)cc1)N1CCCCC1. The average molecular weight is 426 g/mol. The molecule has 2 rings (SSSR count). The van der Waals surface area contributed by atoms with Crippen LogP contribution in [0.4, 0.5) is 0 Å². The summed E-state index contributed by atoms with van der Waals surface area (Å²) in [4.78, 5) is 7.86. The number of hydrogen-bond acceptors (Lipinski definition) is 2. The molecule has 1 heterocycles. The standard InChI is InChI=1S/C14H20ClN3S.HI/c15-12-4-6-13(7-5-12)19-11-8-17-14(16)18-9-2-1-3-10-18;/h4-7H,1-3,8-11H2,(H2,16,17);1H. The number of likely N-dealkylation sites (tertiary alicyclic amines) is 1. The zero-order chi connectivity index (χ0) is 13.5. The molecule has 1 saturated heterocycles. The third-order valence-electron chi connectivity index (χ3n) is 3.13. The molecule has 1 aliphatic rings. The van der Waals surface area contributed by atoms with E-state index in [2.05, 4.69) is 9.89 Å². The zero-order valence-electron chi connectivity index (χ0n) is 11.4. The molecule has 0 unspecified atom stereocenters. The second-order valence-corrected chi connectivity index (χ2v) is 6.19. The van der Waals surface area contributed by atoms with Crippen molar-refractivity contribution in [2.45, 2.75) is 24.2 Å². The Morgan fingerprint density at radius 1 is 1.20 bits per heavy atom. The number of benzene rings is 1.